The molecule has 1 aliphatic heterocycles. The Balaban J connectivity index is 1.55. The number of benzene rings is 1. The summed E-state index contributed by atoms with van der Waals surface area (Å²) in [6.07, 6.45) is -3.79. The third kappa shape index (κ3) is 6.81. The monoisotopic (exact) mass is 518 g/mol. The summed E-state index contributed by atoms with van der Waals surface area (Å²) in [6.45, 7) is 8.09. The van der Waals surface area contributed by atoms with Crippen LogP contribution in [0.2, 0.25) is 0 Å². The predicted molar refractivity (Wildman–Crippen MR) is 133 cm³/mol. The van der Waals surface area contributed by atoms with E-state index in [1.54, 1.807) is 6.92 Å². The van der Waals surface area contributed by atoms with E-state index in [2.05, 4.69) is 5.10 Å². The van der Waals surface area contributed by atoms with E-state index in [1.807, 2.05) is 49.7 Å². The zero-order valence-corrected chi connectivity index (χ0v) is 21.9. The highest BCUT2D eigenvalue weighted by Gasteiger charge is 2.46. The summed E-state index contributed by atoms with van der Waals surface area (Å²) in [6, 6.07) is 7.83. The number of carbonyl (C=O) groups is 1. The molecule has 2 aliphatic rings. The lowest BCUT2D eigenvalue weighted by Crippen LogP contribution is -2.60. The summed E-state index contributed by atoms with van der Waals surface area (Å²) >= 11 is 0. The number of esters is 1. The molecular formula is C27H38N2O8. The summed E-state index contributed by atoms with van der Waals surface area (Å²) in [7, 11) is 0. The standard InChI is InChI=1S/C27H38N2O8/c1-5-22(30)34-14-21-23(31)24(32)25(33)27(36-21)37-26-20(16(4)29(28-26)13-18-6-7-18)12-17-8-10-19(11-9-17)35-15(2)3/h8-11,15,18,21,23-25,27,31-33H,5-7,12-14H2,1-4H3/t21-,23-,24+,25-,27?/m1/s1. The molecule has 1 aromatic carbocycles. The van der Waals surface area contributed by atoms with E-state index in [9.17, 15) is 20.1 Å². The highest BCUT2D eigenvalue weighted by Crippen LogP contribution is 2.34. The Morgan fingerprint density at radius 3 is 2.46 bits per heavy atom. The van der Waals surface area contributed by atoms with Crippen LogP contribution in [0.3, 0.4) is 0 Å². The molecule has 1 saturated heterocycles. The summed E-state index contributed by atoms with van der Waals surface area (Å²) < 4.78 is 24.6. The molecule has 1 unspecified atom stereocenters. The average Bonchev–Trinajstić information content (AvgIpc) is 3.65. The van der Waals surface area contributed by atoms with Gasteiger partial charge in [-0.15, -0.1) is 5.10 Å². The maximum atomic E-state index is 11.6. The normalized spacial score (nSPS) is 25.8. The quantitative estimate of drug-likeness (QED) is 0.383. The molecule has 4 rings (SSSR count). The Morgan fingerprint density at radius 2 is 1.84 bits per heavy atom. The van der Waals surface area contributed by atoms with Crippen LogP contribution in [0.15, 0.2) is 24.3 Å². The van der Waals surface area contributed by atoms with Gasteiger partial charge in [0.1, 0.15) is 36.8 Å². The van der Waals surface area contributed by atoms with Crippen LogP contribution < -0.4 is 9.47 Å². The molecule has 0 radical (unpaired) electrons. The molecule has 0 amide bonds. The van der Waals surface area contributed by atoms with Gasteiger partial charge < -0.3 is 34.3 Å². The highest BCUT2D eigenvalue weighted by molar-refractivity contribution is 5.68. The van der Waals surface area contributed by atoms with Crippen LogP contribution in [-0.4, -0.2) is 74.5 Å². The van der Waals surface area contributed by atoms with Crippen LogP contribution in [0.4, 0.5) is 0 Å². The molecule has 1 saturated carbocycles. The molecule has 1 aromatic heterocycles. The van der Waals surface area contributed by atoms with Gasteiger partial charge in [-0.1, -0.05) is 19.1 Å². The van der Waals surface area contributed by atoms with Gasteiger partial charge in [0, 0.05) is 30.6 Å². The molecule has 2 heterocycles. The van der Waals surface area contributed by atoms with Crippen LogP contribution in [0.1, 0.15) is 56.9 Å². The maximum Gasteiger partial charge on any atom is 0.305 e. The molecule has 10 heteroatoms. The van der Waals surface area contributed by atoms with Crippen molar-refractivity contribution in [1.29, 1.82) is 0 Å². The Hall–Kier alpha value is -2.66. The Kier molecular flexibility index (Phi) is 8.74. The second-order valence-corrected chi connectivity index (χ2v) is 10.2. The van der Waals surface area contributed by atoms with Gasteiger partial charge in [-0.2, -0.15) is 0 Å². The number of ether oxygens (including phenoxy) is 4. The fourth-order valence-corrected chi connectivity index (χ4v) is 4.28. The van der Waals surface area contributed by atoms with Gasteiger partial charge in [0.15, 0.2) is 0 Å². The lowest BCUT2D eigenvalue weighted by atomic mass is 9.99. The molecule has 204 valence electrons. The van der Waals surface area contributed by atoms with E-state index in [4.69, 9.17) is 18.9 Å². The number of hydrogen-bond donors (Lipinski definition) is 3. The molecule has 0 bridgehead atoms. The number of aliphatic hydroxyl groups excluding tert-OH is 3. The van der Waals surface area contributed by atoms with Crippen molar-refractivity contribution in [3.05, 3.63) is 41.1 Å². The molecular weight excluding hydrogens is 480 g/mol. The van der Waals surface area contributed by atoms with Crippen molar-refractivity contribution in [1.82, 2.24) is 9.78 Å². The van der Waals surface area contributed by atoms with Crippen LogP contribution in [0, 0.1) is 12.8 Å². The third-order valence-electron chi connectivity index (χ3n) is 6.69. The second kappa shape index (κ2) is 11.8. The van der Waals surface area contributed by atoms with Crippen molar-refractivity contribution in [3.63, 3.8) is 0 Å². The molecule has 2 aromatic rings. The number of nitrogens with zero attached hydrogens (tertiary/aromatic N) is 2. The largest absolute Gasteiger partial charge is 0.491 e. The van der Waals surface area contributed by atoms with Crippen molar-refractivity contribution in [2.75, 3.05) is 6.61 Å². The van der Waals surface area contributed by atoms with Crippen LogP contribution in [-0.2, 0) is 27.2 Å². The van der Waals surface area contributed by atoms with Gasteiger partial charge in [0.05, 0.1) is 6.10 Å². The van der Waals surface area contributed by atoms with Gasteiger partial charge >= 0.3 is 5.97 Å². The van der Waals surface area contributed by atoms with E-state index >= 15 is 0 Å². The second-order valence-electron chi connectivity index (χ2n) is 10.2. The molecule has 3 N–H and O–H groups in total. The zero-order valence-electron chi connectivity index (χ0n) is 21.9. The number of aliphatic hydroxyl groups is 3. The minimum atomic E-state index is -1.55. The topological polar surface area (TPSA) is 132 Å². The average molecular weight is 519 g/mol. The Labute approximate surface area is 217 Å². The summed E-state index contributed by atoms with van der Waals surface area (Å²) in [5.74, 6) is 1.20. The van der Waals surface area contributed by atoms with Crippen molar-refractivity contribution < 1.29 is 39.1 Å². The van der Waals surface area contributed by atoms with Crippen LogP contribution >= 0.6 is 0 Å². The van der Waals surface area contributed by atoms with E-state index in [0.717, 1.165) is 42.0 Å². The number of rotatable bonds is 11. The van der Waals surface area contributed by atoms with Crippen LogP contribution in [0.25, 0.3) is 0 Å². The van der Waals surface area contributed by atoms with Crippen molar-refractivity contribution in [3.8, 4) is 11.6 Å². The first-order valence-electron chi connectivity index (χ1n) is 13.0. The van der Waals surface area contributed by atoms with E-state index in [1.165, 1.54) is 0 Å². The van der Waals surface area contributed by atoms with Gasteiger partial charge in [-0.05, 0) is 57.2 Å². The van der Waals surface area contributed by atoms with E-state index < -0.39 is 36.7 Å². The molecule has 0 spiro atoms. The summed E-state index contributed by atoms with van der Waals surface area (Å²) in [5, 5.41) is 36.1. The number of carbonyl (C=O) groups excluding carboxylic acids is 1. The Bertz CT molecular complexity index is 1050. The molecule has 5 atom stereocenters. The van der Waals surface area contributed by atoms with Gasteiger partial charge in [-0.25, -0.2) is 0 Å². The molecule has 1 aliphatic carbocycles. The van der Waals surface area contributed by atoms with E-state index in [-0.39, 0.29) is 25.0 Å². The van der Waals surface area contributed by atoms with Crippen molar-refractivity contribution in [2.45, 2.75) is 96.7 Å². The zero-order chi connectivity index (χ0) is 26.7. The maximum absolute atomic E-state index is 11.6. The van der Waals surface area contributed by atoms with Gasteiger partial charge in [-0.3, -0.25) is 9.48 Å². The minimum Gasteiger partial charge on any atom is -0.491 e. The first-order chi connectivity index (χ1) is 17.7. The van der Waals surface area contributed by atoms with Crippen LogP contribution in [0.5, 0.6) is 11.6 Å². The molecule has 10 nitrogen and oxygen atoms in total. The SMILES string of the molecule is CCC(=O)OC[C@H]1OC(Oc2nn(CC3CC3)c(C)c2Cc2ccc(OC(C)C)cc2)[C@H](O)[C@@H](O)[C@@H]1O. The lowest BCUT2D eigenvalue weighted by molar-refractivity contribution is -0.279. The fourth-order valence-electron chi connectivity index (χ4n) is 4.28. The lowest BCUT2D eigenvalue weighted by Gasteiger charge is -2.39. The Morgan fingerprint density at radius 1 is 1.14 bits per heavy atom. The van der Waals surface area contributed by atoms with E-state index in [0.29, 0.717) is 12.3 Å². The molecule has 37 heavy (non-hydrogen) atoms. The highest BCUT2D eigenvalue weighted by atomic mass is 16.7. The van der Waals surface area contributed by atoms with Gasteiger partial charge in [0.25, 0.3) is 0 Å². The third-order valence-corrected chi connectivity index (χ3v) is 6.69. The minimum absolute atomic E-state index is 0.0823. The molecule has 2 fully saturated rings. The first-order valence-corrected chi connectivity index (χ1v) is 13.0. The van der Waals surface area contributed by atoms with Gasteiger partial charge in [0.2, 0.25) is 12.2 Å². The number of hydrogen-bond acceptors (Lipinski definition) is 9. The van der Waals surface area contributed by atoms with Crippen molar-refractivity contribution >= 4 is 5.97 Å². The van der Waals surface area contributed by atoms with Crippen molar-refractivity contribution in [2.24, 2.45) is 5.92 Å². The summed E-state index contributed by atoms with van der Waals surface area (Å²) in [5.41, 5.74) is 2.81. The summed E-state index contributed by atoms with van der Waals surface area (Å²) in [4.78, 5) is 11.6. The predicted octanol–water partition coefficient (Wildman–Crippen LogP) is 2.12. The number of aromatic nitrogens is 2. The fraction of sp³-hybridized carbons (Fsp3) is 0.630. The smallest absolute Gasteiger partial charge is 0.305 e. The first kappa shape index (κ1) is 27.4.